The van der Waals surface area contributed by atoms with Gasteiger partial charge >= 0.3 is 0 Å². The van der Waals surface area contributed by atoms with Gasteiger partial charge in [0.15, 0.2) is 0 Å². The molecule has 2 aromatic carbocycles. The van der Waals surface area contributed by atoms with Gasteiger partial charge in [-0.3, -0.25) is 0 Å². The number of ether oxygens (including phenoxy) is 1. The third-order valence-electron chi connectivity index (χ3n) is 2.73. The van der Waals surface area contributed by atoms with Gasteiger partial charge in [0.25, 0.3) is 0 Å². The number of aliphatic hydroxyl groups is 1. The molecule has 18 heavy (non-hydrogen) atoms. The van der Waals surface area contributed by atoms with E-state index in [0.29, 0.717) is 6.61 Å². The quantitative estimate of drug-likeness (QED) is 0.894. The minimum atomic E-state index is -0.0116. The molecule has 1 N–H and O–H groups in total. The molecule has 0 amide bonds. The molecular weight excluding hydrogens is 248 g/mol. The third-order valence-corrected chi connectivity index (χ3v) is 3.10. The van der Waals surface area contributed by atoms with Crippen LogP contribution >= 0.6 is 11.6 Å². The number of aliphatic hydroxyl groups excluding tert-OH is 1. The second kappa shape index (κ2) is 6.43. The summed E-state index contributed by atoms with van der Waals surface area (Å²) in [7, 11) is 0. The molecule has 0 aliphatic carbocycles. The highest BCUT2D eigenvalue weighted by Gasteiger charge is 2.03. The molecular formula is C15H15ClO2. The van der Waals surface area contributed by atoms with Crippen LogP contribution in [0.2, 0.25) is 5.02 Å². The Labute approximate surface area is 112 Å². The van der Waals surface area contributed by atoms with Crippen molar-refractivity contribution in [2.75, 3.05) is 6.61 Å². The number of halogens is 1. The van der Waals surface area contributed by atoms with Gasteiger partial charge in [0.05, 0.1) is 13.2 Å². The minimum Gasteiger partial charge on any atom is -0.493 e. The standard InChI is InChI=1S/C15H15ClO2/c16-14-7-3-1-5-12(14)9-10-18-15-8-4-2-6-13(15)11-17/h1-8,17H,9-11H2. The normalized spacial score (nSPS) is 10.3. The molecule has 0 fully saturated rings. The Bertz CT molecular complexity index is 511. The highest BCUT2D eigenvalue weighted by atomic mass is 35.5. The summed E-state index contributed by atoms with van der Waals surface area (Å²) in [6, 6.07) is 15.2. The Kier molecular flexibility index (Phi) is 4.62. The van der Waals surface area contributed by atoms with Crippen molar-refractivity contribution >= 4 is 11.6 Å². The molecule has 0 aromatic heterocycles. The van der Waals surface area contributed by atoms with Crippen LogP contribution in [0.25, 0.3) is 0 Å². The Morgan fingerprint density at radius 3 is 2.33 bits per heavy atom. The van der Waals surface area contributed by atoms with Gasteiger partial charge < -0.3 is 9.84 Å². The maximum Gasteiger partial charge on any atom is 0.124 e. The van der Waals surface area contributed by atoms with Crippen molar-refractivity contribution in [2.24, 2.45) is 0 Å². The average molecular weight is 263 g/mol. The van der Waals surface area contributed by atoms with Crippen molar-refractivity contribution in [3.05, 3.63) is 64.7 Å². The molecule has 3 heteroatoms. The molecule has 2 nitrogen and oxygen atoms in total. The zero-order chi connectivity index (χ0) is 12.8. The Morgan fingerprint density at radius 1 is 0.944 bits per heavy atom. The molecule has 2 aromatic rings. The van der Waals surface area contributed by atoms with Crippen LogP contribution in [0.4, 0.5) is 0 Å². The van der Waals surface area contributed by atoms with Crippen LogP contribution in [0.15, 0.2) is 48.5 Å². The van der Waals surface area contributed by atoms with E-state index in [9.17, 15) is 5.11 Å². The third kappa shape index (κ3) is 3.25. The van der Waals surface area contributed by atoms with Gasteiger partial charge in [0, 0.05) is 17.0 Å². The number of rotatable bonds is 5. The predicted octanol–water partition coefficient (Wildman–Crippen LogP) is 3.45. The van der Waals surface area contributed by atoms with Crippen molar-refractivity contribution in [2.45, 2.75) is 13.0 Å². The van der Waals surface area contributed by atoms with Crippen LogP contribution in [-0.2, 0) is 13.0 Å². The first-order valence-electron chi connectivity index (χ1n) is 5.86. The van der Waals surface area contributed by atoms with E-state index in [1.807, 2.05) is 48.5 Å². The molecule has 2 rings (SSSR count). The lowest BCUT2D eigenvalue weighted by Gasteiger charge is -2.10. The fourth-order valence-corrected chi connectivity index (χ4v) is 1.98. The van der Waals surface area contributed by atoms with Crippen LogP contribution in [0.3, 0.4) is 0 Å². The second-order valence-electron chi connectivity index (χ2n) is 3.96. The molecule has 0 atom stereocenters. The zero-order valence-corrected chi connectivity index (χ0v) is 10.7. The largest absolute Gasteiger partial charge is 0.493 e. The van der Waals surface area contributed by atoms with Gasteiger partial charge in [-0.15, -0.1) is 0 Å². The van der Waals surface area contributed by atoms with Crippen molar-refractivity contribution in [1.82, 2.24) is 0 Å². The maximum absolute atomic E-state index is 9.18. The Hall–Kier alpha value is -1.51. The topological polar surface area (TPSA) is 29.5 Å². The van der Waals surface area contributed by atoms with Gasteiger partial charge in [-0.2, -0.15) is 0 Å². The van der Waals surface area contributed by atoms with Gasteiger partial charge in [-0.25, -0.2) is 0 Å². The van der Waals surface area contributed by atoms with E-state index in [-0.39, 0.29) is 6.61 Å². The van der Waals surface area contributed by atoms with E-state index < -0.39 is 0 Å². The lowest BCUT2D eigenvalue weighted by molar-refractivity contribution is 0.264. The van der Waals surface area contributed by atoms with E-state index in [0.717, 1.165) is 28.3 Å². The summed E-state index contributed by atoms with van der Waals surface area (Å²) >= 11 is 6.07. The highest BCUT2D eigenvalue weighted by Crippen LogP contribution is 2.19. The maximum atomic E-state index is 9.18. The molecule has 0 spiro atoms. The summed E-state index contributed by atoms with van der Waals surface area (Å²) < 4.78 is 5.67. The molecule has 0 unspecified atom stereocenters. The molecule has 0 aliphatic rings. The van der Waals surface area contributed by atoms with Crippen molar-refractivity contribution in [3.63, 3.8) is 0 Å². The van der Waals surface area contributed by atoms with Gasteiger partial charge in [-0.1, -0.05) is 48.0 Å². The molecule has 0 heterocycles. The van der Waals surface area contributed by atoms with E-state index in [1.165, 1.54) is 0 Å². The van der Waals surface area contributed by atoms with E-state index in [4.69, 9.17) is 16.3 Å². The summed E-state index contributed by atoms with van der Waals surface area (Å²) in [5.41, 5.74) is 1.87. The van der Waals surface area contributed by atoms with Gasteiger partial charge in [0.1, 0.15) is 5.75 Å². The molecule has 0 bridgehead atoms. The lowest BCUT2D eigenvalue weighted by atomic mass is 10.1. The first-order chi connectivity index (χ1) is 8.81. The van der Waals surface area contributed by atoms with Crippen LogP contribution < -0.4 is 4.74 Å². The first-order valence-corrected chi connectivity index (χ1v) is 6.24. The molecule has 0 saturated carbocycles. The van der Waals surface area contributed by atoms with Crippen LogP contribution in [0, 0.1) is 0 Å². The predicted molar refractivity (Wildman–Crippen MR) is 73.0 cm³/mol. The lowest BCUT2D eigenvalue weighted by Crippen LogP contribution is -2.03. The van der Waals surface area contributed by atoms with Gasteiger partial charge in [0.2, 0.25) is 0 Å². The number of benzene rings is 2. The monoisotopic (exact) mass is 262 g/mol. The molecule has 0 saturated heterocycles. The second-order valence-corrected chi connectivity index (χ2v) is 4.36. The number of hydrogen-bond donors (Lipinski definition) is 1. The van der Waals surface area contributed by atoms with Crippen molar-refractivity contribution in [3.8, 4) is 5.75 Å². The van der Waals surface area contributed by atoms with Crippen LogP contribution in [-0.4, -0.2) is 11.7 Å². The average Bonchev–Trinajstić information content (AvgIpc) is 2.41. The Balaban J connectivity index is 1.95. The highest BCUT2D eigenvalue weighted by molar-refractivity contribution is 6.31. The summed E-state index contributed by atoms with van der Waals surface area (Å²) in [5.74, 6) is 0.729. The molecule has 94 valence electrons. The first kappa shape index (κ1) is 12.9. The van der Waals surface area contributed by atoms with Gasteiger partial charge in [-0.05, 0) is 17.7 Å². The fraction of sp³-hybridized carbons (Fsp3) is 0.200. The van der Waals surface area contributed by atoms with Crippen molar-refractivity contribution in [1.29, 1.82) is 0 Å². The summed E-state index contributed by atoms with van der Waals surface area (Å²) in [6.45, 7) is 0.531. The number of para-hydroxylation sites is 1. The Morgan fingerprint density at radius 2 is 1.61 bits per heavy atom. The van der Waals surface area contributed by atoms with Crippen molar-refractivity contribution < 1.29 is 9.84 Å². The summed E-state index contributed by atoms with van der Waals surface area (Å²) in [5, 5.41) is 9.94. The zero-order valence-electron chi connectivity index (χ0n) is 9.97. The minimum absolute atomic E-state index is 0.0116. The molecule has 0 radical (unpaired) electrons. The number of hydrogen-bond acceptors (Lipinski definition) is 2. The van der Waals surface area contributed by atoms with E-state index in [2.05, 4.69) is 0 Å². The fourth-order valence-electron chi connectivity index (χ4n) is 1.75. The van der Waals surface area contributed by atoms with Crippen LogP contribution in [0.5, 0.6) is 5.75 Å². The van der Waals surface area contributed by atoms with Crippen LogP contribution in [0.1, 0.15) is 11.1 Å². The molecule has 0 aliphatic heterocycles. The summed E-state index contributed by atoms with van der Waals surface area (Å²) in [4.78, 5) is 0. The smallest absolute Gasteiger partial charge is 0.124 e. The van der Waals surface area contributed by atoms with E-state index in [1.54, 1.807) is 0 Å². The SMILES string of the molecule is OCc1ccccc1OCCc1ccccc1Cl. The summed E-state index contributed by atoms with van der Waals surface area (Å²) in [6.07, 6.45) is 0.749. The van der Waals surface area contributed by atoms with E-state index >= 15 is 0 Å².